The van der Waals surface area contributed by atoms with Gasteiger partial charge in [-0.1, -0.05) is 31.4 Å². The Morgan fingerprint density at radius 1 is 1.00 bits per heavy atom. The number of benzene rings is 2. The molecule has 7 rings (SSSR count). The van der Waals surface area contributed by atoms with Gasteiger partial charge in [-0.15, -0.1) is 0 Å². The maximum absolute atomic E-state index is 14.2. The summed E-state index contributed by atoms with van der Waals surface area (Å²) in [6, 6.07) is 11.9. The average molecular weight is 572 g/mol. The Kier molecular flexibility index (Phi) is 6.34. The number of hydrogen-bond acceptors (Lipinski definition) is 5. The van der Waals surface area contributed by atoms with Crippen LogP contribution in [0.15, 0.2) is 54.7 Å². The van der Waals surface area contributed by atoms with Crippen molar-refractivity contribution in [2.45, 2.75) is 61.9 Å². The standard InChI is InChI=1S/C32H31F2N5O3/c33-22-11-20(12-23(34)14-22)26-17-36-32(8-2-1-3-9-32)30(42)39(26)18-27(40)37-24-7-6-19-15-31(16-21(19)13-24)25-5-4-10-35-28(25)38-29(31)41/h4-7,10-14,26,36H,1-3,8-9,15-18H2,(H,37,40)(H,35,38,41)/t26-,31+/m0/s1. The first kappa shape index (κ1) is 26.7. The van der Waals surface area contributed by atoms with Gasteiger partial charge < -0.3 is 20.9 Å². The molecule has 0 radical (unpaired) electrons. The fraction of sp³-hybridized carbons (Fsp3) is 0.375. The highest BCUT2D eigenvalue weighted by Crippen LogP contribution is 2.47. The fourth-order valence-electron chi connectivity index (χ4n) is 7.39. The molecule has 10 heteroatoms. The summed E-state index contributed by atoms with van der Waals surface area (Å²) in [4.78, 5) is 46.2. The molecular weight excluding hydrogens is 540 g/mol. The summed E-state index contributed by atoms with van der Waals surface area (Å²) in [5.41, 5.74) is 2.25. The summed E-state index contributed by atoms with van der Waals surface area (Å²) in [6.07, 6.45) is 6.84. The van der Waals surface area contributed by atoms with Crippen molar-refractivity contribution in [1.82, 2.24) is 15.2 Å². The number of fused-ring (bicyclic) bond motifs is 3. The lowest BCUT2D eigenvalue weighted by molar-refractivity contribution is -0.149. The van der Waals surface area contributed by atoms with Crippen molar-refractivity contribution in [2.75, 3.05) is 23.7 Å². The van der Waals surface area contributed by atoms with Gasteiger partial charge >= 0.3 is 0 Å². The molecule has 2 fully saturated rings. The molecule has 8 nitrogen and oxygen atoms in total. The van der Waals surface area contributed by atoms with E-state index in [0.29, 0.717) is 49.3 Å². The molecule has 42 heavy (non-hydrogen) atoms. The molecule has 3 heterocycles. The monoisotopic (exact) mass is 571 g/mol. The summed E-state index contributed by atoms with van der Waals surface area (Å²) >= 11 is 0. The van der Waals surface area contributed by atoms with Crippen LogP contribution in [-0.4, -0.2) is 46.2 Å². The topological polar surface area (TPSA) is 103 Å². The van der Waals surface area contributed by atoms with Gasteiger partial charge in [-0.2, -0.15) is 0 Å². The van der Waals surface area contributed by atoms with Crippen LogP contribution in [0.3, 0.4) is 0 Å². The predicted molar refractivity (Wildman–Crippen MR) is 152 cm³/mol. The van der Waals surface area contributed by atoms with E-state index in [1.165, 1.54) is 17.0 Å². The minimum atomic E-state index is -0.768. The number of aromatic nitrogens is 1. The number of carbonyl (C=O) groups excluding carboxylic acids is 3. The van der Waals surface area contributed by atoms with Crippen LogP contribution in [0.2, 0.25) is 0 Å². The van der Waals surface area contributed by atoms with E-state index in [-0.39, 0.29) is 18.4 Å². The summed E-state index contributed by atoms with van der Waals surface area (Å²) in [5.74, 6) is -1.57. The first-order chi connectivity index (χ1) is 20.3. The van der Waals surface area contributed by atoms with Gasteiger partial charge in [0.25, 0.3) is 0 Å². The van der Waals surface area contributed by atoms with Crippen LogP contribution in [0.25, 0.3) is 0 Å². The molecule has 1 aromatic heterocycles. The number of anilines is 2. The molecule has 2 aliphatic carbocycles. The maximum Gasteiger partial charge on any atom is 0.244 e. The Labute approximate surface area is 241 Å². The van der Waals surface area contributed by atoms with Crippen LogP contribution >= 0.6 is 0 Å². The van der Waals surface area contributed by atoms with Gasteiger partial charge in [0.15, 0.2) is 0 Å². The Hall–Kier alpha value is -4.18. The second kappa shape index (κ2) is 9.97. The number of amides is 3. The number of pyridine rings is 1. The molecule has 1 saturated carbocycles. The summed E-state index contributed by atoms with van der Waals surface area (Å²) in [7, 11) is 0. The minimum absolute atomic E-state index is 0.0772. The third-order valence-electron chi connectivity index (χ3n) is 9.44. The van der Waals surface area contributed by atoms with Crippen LogP contribution in [0.5, 0.6) is 0 Å². The van der Waals surface area contributed by atoms with Crippen LogP contribution in [0.1, 0.15) is 60.4 Å². The van der Waals surface area contributed by atoms with Gasteiger partial charge in [0.1, 0.15) is 24.0 Å². The molecule has 2 aliphatic heterocycles. The minimum Gasteiger partial charge on any atom is -0.325 e. The van der Waals surface area contributed by atoms with Crippen LogP contribution in [0.4, 0.5) is 20.3 Å². The number of nitrogens with one attached hydrogen (secondary N) is 3. The normalized spacial score (nSPS) is 24.0. The molecular formula is C32H31F2N5O3. The smallest absolute Gasteiger partial charge is 0.244 e. The van der Waals surface area contributed by atoms with Crippen LogP contribution < -0.4 is 16.0 Å². The van der Waals surface area contributed by atoms with Gasteiger partial charge in [0.05, 0.1) is 17.0 Å². The van der Waals surface area contributed by atoms with Crippen molar-refractivity contribution in [3.8, 4) is 0 Å². The number of nitrogens with zero attached hydrogens (tertiary/aromatic N) is 2. The van der Waals surface area contributed by atoms with Crippen molar-refractivity contribution >= 4 is 29.2 Å². The zero-order valence-corrected chi connectivity index (χ0v) is 23.0. The Balaban J connectivity index is 1.12. The molecule has 1 saturated heterocycles. The molecule has 3 aromatic rings. The fourth-order valence-corrected chi connectivity index (χ4v) is 7.39. The number of halogens is 2. The van der Waals surface area contributed by atoms with Crippen LogP contribution in [-0.2, 0) is 32.6 Å². The van der Waals surface area contributed by atoms with E-state index >= 15 is 0 Å². The molecule has 216 valence electrons. The van der Waals surface area contributed by atoms with Gasteiger partial charge in [0, 0.05) is 30.1 Å². The highest BCUT2D eigenvalue weighted by molar-refractivity contribution is 6.06. The van der Waals surface area contributed by atoms with Crippen LogP contribution in [0, 0.1) is 11.6 Å². The third-order valence-corrected chi connectivity index (χ3v) is 9.44. The molecule has 2 atom stereocenters. The highest BCUT2D eigenvalue weighted by Gasteiger charge is 2.51. The zero-order chi connectivity index (χ0) is 29.1. The first-order valence-corrected chi connectivity index (χ1v) is 14.5. The summed E-state index contributed by atoms with van der Waals surface area (Å²) in [5, 5.41) is 9.20. The quantitative estimate of drug-likeness (QED) is 0.437. The lowest BCUT2D eigenvalue weighted by atomic mass is 9.78. The lowest BCUT2D eigenvalue weighted by Crippen LogP contribution is -2.66. The average Bonchev–Trinajstić information content (AvgIpc) is 3.48. The number of piperazine rings is 1. The van der Waals surface area contributed by atoms with E-state index in [0.717, 1.165) is 42.0 Å². The van der Waals surface area contributed by atoms with Gasteiger partial charge in [-0.3, -0.25) is 14.4 Å². The van der Waals surface area contributed by atoms with Gasteiger partial charge in [0.2, 0.25) is 17.7 Å². The molecule has 2 aromatic carbocycles. The third kappa shape index (κ3) is 4.36. The van der Waals surface area contributed by atoms with E-state index in [4.69, 9.17) is 0 Å². The molecule has 2 spiro atoms. The van der Waals surface area contributed by atoms with Crippen molar-refractivity contribution < 1.29 is 23.2 Å². The SMILES string of the molecule is O=C(CN1C(=O)C2(CCCCC2)NC[C@H]1c1cc(F)cc(F)c1)Nc1ccc2c(c1)C[C@@]1(C2)C(=O)Nc2ncccc21. The van der Waals surface area contributed by atoms with Crippen molar-refractivity contribution in [1.29, 1.82) is 0 Å². The molecule has 3 amide bonds. The maximum atomic E-state index is 14.2. The van der Waals surface area contributed by atoms with E-state index in [1.807, 2.05) is 24.3 Å². The summed E-state index contributed by atoms with van der Waals surface area (Å²) < 4.78 is 28.3. The summed E-state index contributed by atoms with van der Waals surface area (Å²) in [6.45, 7) is 0.0365. The second-order valence-electron chi connectivity index (χ2n) is 12.0. The van der Waals surface area contributed by atoms with Gasteiger partial charge in [-0.25, -0.2) is 13.8 Å². The number of carbonyl (C=O) groups is 3. The Bertz CT molecular complexity index is 1600. The highest BCUT2D eigenvalue weighted by atomic mass is 19.1. The molecule has 0 bridgehead atoms. The number of hydrogen-bond donors (Lipinski definition) is 3. The predicted octanol–water partition coefficient (Wildman–Crippen LogP) is 4.16. The van der Waals surface area contributed by atoms with E-state index in [1.54, 1.807) is 12.3 Å². The van der Waals surface area contributed by atoms with E-state index in [9.17, 15) is 23.2 Å². The Morgan fingerprint density at radius 2 is 1.76 bits per heavy atom. The van der Waals surface area contributed by atoms with E-state index in [2.05, 4.69) is 20.9 Å². The van der Waals surface area contributed by atoms with Crippen molar-refractivity contribution in [3.05, 3.63) is 88.6 Å². The second-order valence-corrected chi connectivity index (χ2v) is 12.0. The number of rotatable bonds is 4. The largest absolute Gasteiger partial charge is 0.325 e. The molecule has 0 unspecified atom stereocenters. The lowest BCUT2D eigenvalue weighted by Gasteiger charge is -2.48. The van der Waals surface area contributed by atoms with Gasteiger partial charge in [-0.05, 0) is 72.7 Å². The van der Waals surface area contributed by atoms with E-state index < -0.39 is 34.5 Å². The zero-order valence-electron chi connectivity index (χ0n) is 23.0. The molecule has 3 N–H and O–H groups in total. The van der Waals surface area contributed by atoms with Crippen molar-refractivity contribution in [2.24, 2.45) is 0 Å². The first-order valence-electron chi connectivity index (χ1n) is 14.5. The Morgan fingerprint density at radius 3 is 2.55 bits per heavy atom. The molecule has 4 aliphatic rings. The van der Waals surface area contributed by atoms with Crippen molar-refractivity contribution in [3.63, 3.8) is 0 Å².